The predicted molar refractivity (Wildman–Crippen MR) is 139 cm³/mol. The fraction of sp³-hybridized carbons (Fsp3) is 0.458. The lowest BCUT2D eigenvalue weighted by molar-refractivity contribution is -0.136. The van der Waals surface area contributed by atoms with Gasteiger partial charge in [0.15, 0.2) is 0 Å². The van der Waals surface area contributed by atoms with Crippen LogP contribution in [0.5, 0.6) is 0 Å². The van der Waals surface area contributed by atoms with Gasteiger partial charge in [-0.25, -0.2) is 0 Å². The first-order chi connectivity index (χ1) is 19.0. The van der Waals surface area contributed by atoms with E-state index in [1.54, 1.807) is 30.3 Å². The van der Waals surface area contributed by atoms with Crippen molar-refractivity contribution in [1.29, 1.82) is 0 Å². The highest BCUT2D eigenvalue weighted by Crippen LogP contribution is 2.03. The van der Waals surface area contributed by atoms with Crippen molar-refractivity contribution in [1.82, 2.24) is 31.9 Å². The number of hydrogen-bond acceptors (Lipinski definition) is 9. The standard InChI is InChI=1S/C24H35N7O9/c1-15(23(25)38)40-14-30-20(34)11-29-24(39)17(9-16-5-3-2-4-6-16)31-21(35)12-28-19(33)10-27-18(32)7-8-26-13-22(36)37/h2-6,15,17,26H,7-14H2,1H3,(H2,25,38)(H,27,32)(H,28,33)(H,29,39)(H,30,34)(H,31,35)(H,36,37). The van der Waals surface area contributed by atoms with Crippen molar-refractivity contribution in [2.75, 3.05) is 39.5 Å². The van der Waals surface area contributed by atoms with Gasteiger partial charge in [0.25, 0.3) is 0 Å². The topological polar surface area (TPSA) is 247 Å². The summed E-state index contributed by atoms with van der Waals surface area (Å²) in [6.07, 6.45) is -0.863. The zero-order valence-electron chi connectivity index (χ0n) is 22.0. The van der Waals surface area contributed by atoms with Crippen LogP contribution in [0.1, 0.15) is 18.9 Å². The quantitative estimate of drug-likeness (QED) is 0.0598. The fourth-order valence-electron chi connectivity index (χ4n) is 2.89. The molecule has 16 nitrogen and oxygen atoms in total. The van der Waals surface area contributed by atoms with Crippen LogP contribution in [-0.2, 0) is 44.7 Å². The zero-order valence-corrected chi connectivity index (χ0v) is 22.0. The number of carboxylic acid groups (broad SMARTS) is 1. The molecule has 0 saturated carbocycles. The maximum Gasteiger partial charge on any atom is 0.317 e. The summed E-state index contributed by atoms with van der Waals surface area (Å²) in [6.45, 7) is -0.402. The van der Waals surface area contributed by atoms with Crippen LogP contribution in [0.25, 0.3) is 0 Å². The van der Waals surface area contributed by atoms with Crippen LogP contribution in [-0.4, -0.2) is 98.1 Å². The number of primary amides is 1. The van der Waals surface area contributed by atoms with Crippen molar-refractivity contribution in [3.8, 4) is 0 Å². The number of rotatable bonds is 19. The summed E-state index contributed by atoms with van der Waals surface area (Å²) in [5.74, 6) is -4.87. The number of carboxylic acids is 1. The number of aliphatic carboxylic acids is 1. The molecule has 2 unspecified atom stereocenters. The Bertz CT molecular complexity index is 1040. The van der Waals surface area contributed by atoms with E-state index in [0.717, 1.165) is 5.56 Å². The average molecular weight is 566 g/mol. The molecule has 0 spiro atoms. The van der Waals surface area contributed by atoms with E-state index in [1.165, 1.54) is 6.92 Å². The predicted octanol–water partition coefficient (Wildman–Crippen LogP) is -3.91. The van der Waals surface area contributed by atoms with E-state index in [1.807, 2.05) is 0 Å². The molecule has 0 saturated heterocycles. The summed E-state index contributed by atoms with van der Waals surface area (Å²) in [5, 5.41) is 23.0. The second kappa shape index (κ2) is 18.6. The van der Waals surface area contributed by atoms with Gasteiger partial charge in [0.1, 0.15) is 18.9 Å². The molecule has 6 amide bonds. The molecule has 0 bridgehead atoms. The molecule has 220 valence electrons. The van der Waals surface area contributed by atoms with E-state index in [0.29, 0.717) is 0 Å². The minimum absolute atomic E-state index is 0.0468. The van der Waals surface area contributed by atoms with E-state index >= 15 is 0 Å². The van der Waals surface area contributed by atoms with E-state index in [9.17, 15) is 33.6 Å². The first-order valence-corrected chi connectivity index (χ1v) is 12.2. The first kappa shape index (κ1) is 33.5. The van der Waals surface area contributed by atoms with E-state index in [4.69, 9.17) is 15.6 Å². The average Bonchev–Trinajstić information content (AvgIpc) is 2.91. The number of amides is 6. The number of nitrogens with two attached hydrogens (primary N) is 1. The molecule has 2 atom stereocenters. The highest BCUT2D eigenvalue weighted by Gasteiger charge is 2.22. The van der Waals surface area contributed by atoms with Gasteiger partial charge < -0.3 is 47.5 Å². The molecule has 1 aromatic rings. The molecule has 0 fully saturated rings. The van der Waals surface area contributed by atoms with E-state index in [2.05, 4.69) is 31.9 Å². The van der Waals surface area contributed by atoms with Gasteiger partial charge in [0.05, 0.1) is 26.2 Å². The number of ether oxygens (including phenoxy) is 1. The van der Waals surface area contributed by atoms with Crippen LogP contribution >= 0.6 is 0 Å². The van der Waals surface area contributed by atoms with E-state index in [-0.39, 0.29) is 32.7 Å². The smallest absolute Gasteiger partial charge is 0.317 e. The van der Waals surface area contributed by atoms with Gasteiger partial charge in [-0.15, -0.1) is 0 Å². The molecule has 1 rings (SSSR count). The maximum absolute atomic E-state index is 12.7. The Kier molecular flexibility index (Phi) is 15.6. The Morgan fingerprint density at radius 3 is 2.08 bits per heavy atom. The van der Waals surface area contributed by atoms with Crippen LogP contribution in [0.2, 0.25) is 0 Å². The van der Waals surface area contributed by atoms with Gasteiger partial charge in [-0.1, -0.05) is 30.3 Å². The van der Waals surface area contributed by atoms with Crippen molar-refractivity contribution < 1.29 is 43.4 Å². The van der Waals surface area contributed by atoms with Crippen molar-refractivity contribution in [2.24, 2.45) is 5.73 Å². The lowest BCUT2D eigenvalue weighted by atomic mass is 10.1. The molecule has 9 N–H and O–H groups in total. The molecule has 0 aliphatic carbocycles. The first-order valence-electron chi connectivity index (χ1n) is 12.2. The van der Waals surface area contributed by atoms with Crippen molar-refractivity contribution in [3.63, 3.8) is 0 Å². The Hall–Kier alpha value is -4.57. The number of carbonyl (C=O) groups is 7. The normalized spacial score (nSPS) is 11.8. The zero-order chi connectivity index (χ0) is 29.9. The molecule has 0 radical (unpaired) electrons. The lowest BCUT2D eigenvalue weighted by Gasteiger charge is -2.19. The lowest BCUT2D eigenvalue weighted by Crippen LogP contribution is -2.52. The molecule has 0 aromatic heterocycles. The summed E-state index contributed by atoms with van der Waals surface area (Å²) in [7, 11) is 0. The summed E-state index contributed by atoms with van der Waals surface area (Å²) in [4.78, 5) is 82.2. The Balaban J connectivity index is 2.52. The largest absolute Gasteiger partial charge is 0.480 e. The number of hydrogen-bond donors (Lipinski definition) is 8. The second-order valence-corrected chi connectivity index (χ2v) is 8.36. The maximum atomic E-state index is 12.7. The molecular formula is C24H35N7O9. The van der Waals surface area contributed by atoms with Crippen molar-refractivity contribution >= 4 is 41.4 Å². The number of nitrogens with one attached hydrogen (secondary N) is 6. The third-order valence-electron chi connectivity index (χ3n) is 5.06. The van der Waals surface area contributed by atoms with Gasteiger partial charge in [-0.3, -0.25) is 33.6 Å². The number of benzene rings is 1. The van der Waals surface area contributed by atoms with Crippen LogP contribution in [0.3, 0.4) is 0 Å². The van der Waals surface area contributed by atoms with Crippen LogP contribution in [0, 0.1) is 0 Å². The summed E-state index contributed by atoms with van der Waals surface area (Å²) in [6, 6.07) is 7.70. The molecule has 40 heavy (non-hydrogen) atoms. The molecule has 1 aromatic carbocycles. The van der Waals surface area contributed by atoms with Gasteiger partial charge in [0.2, 0.25) is 35.4 Å². The Morgan fingerprint density at radius 1 is 0.825 bits per heavy atom. The third kappa shape index (κ3) is 15.6. The molecule has 0 heterocycles. The fourth-order valence-corrected chi connectivity index (χ4v) is 2.89. The highest BCUT2D eigenvalue weighted by molar-refractivity contribution is 5.92. The van der Waals surface area contributed by atoms with Gasteiger partial charge >= 0.3 is 5.97 Å². The van der Waals surface area contributed by atoms with Gasteiger partial charge in [0, 0.05) is 19.4 Å². The van der Waals surface area contributed by atoms with Gasteiger partial charge in [-0.05, 0) is 12.5 Å². The molecular weight excluding hydrogens is 530 g/mol. The van der Waals surface area contributed by atoms with E-state index < -0.39 is 73.2 Å². The highest BCUT2D eigenvalue weighted by atomic mass is 16.5. The second-order valence-electron chi connectivity index (χ2n) is 8.36. The van der Waals surface area contributed by atoms with Crippen molar-refractivity contribution in [2.45, 2.75) is 31.9 Å². The minimum Gasteiger partial charge on any atom is -0.480 e. The Labute approximate surface area is 230 Å². The number of carbonyl (C=O) groups excluding carboxylic acids is 6. The third-order valence-corrected chi connectivity index (χ3v) is 5.06. The minimum atomic E-state index is -1.08. The Morgan fingerprint density at radius 2 is 1.43 bits per heavy atom. The molecule has 16 heteroatoms. The SMILES string of the molecule is CC(OCNC(=O)CNC(=O)C(Cc1ccccc1)NC(=O)CNC(=O)CNC(=O)CCNCC(=O)O)C(N)=O. The van der Waals surface area contributed by atoms with Crippen LogP contribution in [0.4, 0.5) is 0 Å². The van der Waals surface area contributed by atoms with Crippen LogP contribution < -0.4 is 37.6 Å². The van der Waals surface area contributed by atoms with Gasteiger partial charge in [-0.2, -0.15) is 0 Å². The summed E-state index contributed by atoms with van der Waals surface area (Å²) in [5.41, 5.74) is 5.78. The monoisotopic (exact) mass is 565 g/mol. The molecule has 0 aliphatic heterocycles. The summed E-state index contributed by atoms with van der Waals surface area (Å²) >= 11 is 0. The molecule has 0 aliphatic rings. The van der Waals surface area contributed by atoms with Crippen molar-refractivity contribution in [3.05, 3.63) is 35.9 Å². The van der Waals surface area contributed by atoms with Crippen LogP contribution in [0.15, 0.2) is 30.3 Å². The summed E-state index contributed by atoms with van der Waals surface area (Å²) < 4.78 is 5.01.